The average Bonchev–Trinajstić information content (AvgIpc) is 1.65. The van der Waals surface area contributed by atoms with Crippen LogP contribution in [0.15, 0.2) is 11.8 Å². The van der Waals surface area contributed by atoms with Crippen molar-refractivity contribution < 1.29 is 13.0 Å². The van der Waals surface area contributed by atoms with E-state index in [0.29, 0.717) is 5.76 Å². The molecule has 0 rings (SSSR count). The van der Waals surface area contributed by atoms with Gasteiger partial charge in [-0.1, -0.05) is 0 Å². The zero-order valence-corrected chi connectivity index (χ0v) is 6.38. The molecule has 0 radical (unpaired) electrons. The molecule has 0 aliphatic carbocycles. The lowest BCUT2D eigenvalue weighted by Crippen LogP contribution is -1.88. The number of halogens is 1. The standard InChI is InChI=1S/C4H5IO3/c1-3(8-5)2-4(6)7/h2H,1H3,(H,6,7)/b3-2+. The van der Waals surface area contributed by atoms with E-state index < -0.39 is 5.97 Å². The van der Waals surface area contributed by atoms with Gasteiger partial charge >= 0.3 is 5.97 Å². The Morgan fingerprint density at radius 2 is 2.38 bits per heavy atom. The summed E-state index contributed by atoms with van der Waals surface area (Å²) in [5.74, 6) is -0.600. The summed E-state index contributed by atoms with van der Waals surface area (Å²) >= 11 is 1.62. The summed E-state index contributed by atoms with van der Waals surface area (Å²) in [5, 5.41) is 8.06. The number of allylic oxidation sites excluding steroid dienone is 1. The fourth-order valence-corrected chi connectivity index (χ4v) is 0.323. The van der Waals surface area contributed by atoms with E-state index >= 15 is 0 Å². The topological polar surface area (TPSA) is 46.5 Å². The Bertz CT molecular complexity index is 118. The Hall–Kier alpha value is -0.260. The van der Waals surface area contributed by atoms with Crippen LogP contribution >= 0.6 is 23.0 Å². The van der Waals surface area contributed by atoms with Crippen LogP contribution in [-0.4, -0.2) is 11.1 Å². The van der Waals surface area contributed by atoms with E-state index in [1.54, 1.807) is 29.9 Å². The summed E-state index contributed by atoms with van der Waals surface area (Å²) in [6.07, 6.45) is 0.992. The molecule has 0 unspecified atom stereocenters. The number of carboxylic acids is 1. The lowest BCUT2D eigenvalue weighted by Gasteiger charge is -1.89. The van der Waals surface area contributed by atoms with Crippen molar-refractivity contribution in [2.75, 3.05) is 0 Å². The normalized spacial score (nSPS) is 11.0. The van der Waals surface area contributed by atoms with Gasteiger partial charge in [0, 0.05) is 0 Å². The molecular weight excluding hydrogens is 223 g/mol. The zero-order chi connectivity index (χ0) is 6.57. The van der Waals surface area contributed by atoms with E-state index in [2.05, 4.69) is 3.07 Å². The minimum atomic E-state index is -0.987. The molecule has 0 atom stereocenters. The summed E-state index contributed by atoms with van der Waals surface area (Å²) < 4.78 is 4.51. The van der Waals surface area contributed by atoms with Crippen molar-refractivity contribution in [2.24, 2.45) is 0 Å². The van der Waals surface area contributed by atoms with Gasteiger partial charge in [-0.05, 0) is 6.92 Å². The first-order valence-electron chi connectivity index (χ1n) is 1.86. The summed E-state index contributed by atoms with van der Waals surface area (Å²) in [6, 6.07) is 0. The minimum Gasteiger partial charge on any atom is -0.478 e. The minimum absolute atomic E-state index is 0.387. The van der Waals surface area contributed by atoms with Crippen molar-refractivity contribution >= 4 is 29.0 Å². The van der Waals surface area contributed by atoms with Crippen LogP contribution in [0.5, 0.6) is 0 Å². The van der Waals surface area contributed by atoms with Gasteiger partial charge in [0.05, 0.1) is 6.08 Å². The smallest absolute Gasteiger partial charge is 0.331 e. The molecule has 0 aromatic rings. The van der Waals surface area contributed by atoms with Crippen molar-refractivity contribution in [2.45, 2.75) is 6.92 Å². The molecule has 3 nitrogen and oxygen atoms in total. The zero-order valence-electron chi connectivity index (χ0n) is 4.22. The lowest BCUT2D eigenvalue weighted by atomic mass is 10.5. The average molecular weight is 228 g/mol. The van der Waals surface area contributed by atoms with Gasteiger partial charge in [-0.25, -0.2) is 4.79 Å². The maximum atomic E-state index is 9.81. The molecule has 0 saturated carbocycles. The molecule has 0 aromatic carbocycles. The van der Waals surface area contributed by atoms with E-state index in [0.717, 1.165) is 6.08 Å². The highest BCUT2D eigenvalue weighted by Crippen LogP contribution is 1.99. The number of rotatable bonds is 2. The maximum absolute atomic E-state index is 9.81. The fraction of sp³-hybridized carbons (Fsp3) is 0.250. The SMILES string of the molecule is C/C(=C\C(=O)O)OI. The second kappa shape index (κ2) is 3.71. The first-order chi connectivity index (χ1) is 3.66. The van der Waals surface area contributed by atoms with Crippen LogP contribution in [0.4, 0.5) is 0 Å². The van der Waals surface area contributed by atoms with E-state index in [1.807, 2.05) is 0 Å². The van der Waals surface area contributed by atoms with Crippen LogP contribution in [0, 0.1) is 0 Å². The quantitative estimate of drug-likeness (QED) is 0.440. The molecule has 0 saturated heterocycles. The summed E-state index contributed by atoms with van der Waals surface area (Å²) in [6.45, 7) is 1.57. The molecule has 46 valence electrons. The first-order valence-corrected chi connectivity index (χ1v) is 2.74. The Morgan fingerprint density at radius 1 is 1.88 bits per heavy atom. The molecule has 8 heavy (non-hydrogen) atoms. The third-order valence-corrected chi connectivity index (χ3v) is 1.14. The third kappa shape index (κ3) is 3.91. The van der Waals surface area contributed by atoms with Gasteiger partial charge < -0.3 is 8.17 Å². The second-order valence-corrected chi connectivity index (χ2v) is 1.61. The predicted octanol–water partition coefficient (Wildman–Crippen LogP) is 1.34. The molecule has 0 spiro atoms. The Kier molecular flexibility index (Phi) is 3.59. The Morgan fingerprint density at radius 3 is 2.50 bits per heavy atom. The predicted molar refractivity (Wildman–Crippen MR) is 36.5 cm³/mol. The molecule has 0 heterocycles. The van der Waals surface area contributed by atoms with Crippen LogP contribution in [0.1, 0.15) is 6.92 Å². The fourth-order valence-electron chi connectivity index (χ4n) is 0.196. The van der Waals surface area contributed by atoms with E-state index in [9.17, 15) is 4.79 Å². The summed E-state index contributed by atoms with van der Waals surface area (Å²) in [4.78, 5) is 9.81. The van der Waals surface area contributed by atoms with Gasteiger partial charge in [0.15, 0.2) is 23.0 Å². The number of carbonyl (C=O) groups is 1. The number of hydrogen-bond donors (Lipinski definition) is 1. The van der Waals surface area contributed by atoms with E-state index in [4.69, 9.17) is 5.11 Å². The van der Waals surface area contributed by atoms with Crippen LogP contribution in [0.2, 0.25) is 0 Å². The molecular formula is C4H5IO3. The van der Waals surface area contributed by atoms with Gasteiger partial charge in [-0.3, -0.25) is 0 Å². The van der Waals surface area contributed by atoms with Crippen molar-refractivity contribution in [3.63, 3.8) is 0 Å². The van der Waals surface area contributed by atoms with Gasteiger partial charge in [-0.2, -0.15) is 0 Å². The van der Waals surface area contributed by atoms with Gasteiger partial charge in [-0.15, -0.1) is 0 Å². The van der Waals surface area contributed by atoms with Gasteiger partial charge in [0.25, 0.3) is 0 Å². The van der Waals surface area contributed by atoms with Crippen molar-refractivity contribution in [3.8, 4) is 0 Å². The van der Waals surface area contributed by atoms with Crippen molar-refractivity contribution in [3.05, 3.63) is 11.8 Å². The molecule has 0 aromatic heterocycles. The molecule has 4 heteroatoms. The molecule has 0 amide bonds. The van der Waals surface area contributed by atoms with Crippen LogP contribution in [-0.2, 0) is 7.86 Å². The Balaban J connectivity index is 3.75. The first kappa shape index (κ1) is 7.74. The van der Waals surface area contributed by atoms with Gasteiger partial charge in [0.1, 0.15) is 5.76 Å². The lowest BCUT2D eigenvalue weighted by molar-refractivity contribution is -0.131. The third-order valence-electron chi connectivity index (χ3n) is 0.448. The molecule has 1 N–H and O–H groups in total. The largest absolute Gasteiger partial charge is 0.478 e. The molecule has 0 bridgehead atoms. The molecule has 0 fully saturated rings. The second-order valence-electron chi connectivity index (χ2n) is 1.17. The molecule has 0 aliphatic heterocycles. The van der Waals surface area contributed by atoms with Crippen LogP contribution in [0.25, 0.3) is 0 Å². The number of aliphatic carboxylic acids is 1. The van der Waals surface area contributed by atoms with Crippen LogP contribution in [0.3, 0.4) is 0 Å². The highest BCUT2D eigenvalue weighted by Gasteiger charge is 1.90. The van der Waals surface area contributed by atoms with Crippen molar-refractivity contribution in [1.29, 1.82) is 0 Å². The summed E-state index contributed by atoms with van der Waals surface area (Å²) in [7, 11) is 0. The highest BCUT2D eigenvalue weighted by molar-refractivity contribution is 14.1. The number of hydrogen-bond acceptors (Lipinski definition) is 2. The van der Waals surface area contributed by atoms with Crippen LogP contribution < -0.4 is 0 Å². The maximum Gasteiger partial charge on any atom is 0.331 e. The highest BCUT2D eigenvalue weighted by atomic mass is 127. The summed E-state index contributed by atoms with van der Waals surface area (Å²) in [5.41, 5.74) is 0. The van der Waals surface area contributed by atoms with Gasteiger partial charge in [0.2, 0.25) is 0 Å². The number of carboxylic acid groups (broad SMARTS) is 1. The Labute approximate surface area is 61.0 Å². The van der Waals surface area contributed by atoms with Crippen molar-refractivity contribution in [1.82, 2.24) is 0 Å². The van der Waals surface area contributed by atoms with E-state index in [1.165, 1.54) is 0 Å². The monoisotopic (exact) mass is 228 g/mol. The molecule has 0 aliphatic rings. The van der Waals surface area contributed by atoms with E-state index in [-0.39, 0.29) is 0 Å².